The second-order valence-corrected chi connectivity index (χ2v) is 9.27. The number of hydrogen-bond acceptors (Lipinski definition) is 4. The molecule has 8 atom stereocenters. The summed E-state index contributed by atoms with van der Waals surface area (Å²) >= 11 is 0. The quantitative estimate of drug-likeness (QED) is 0.524. The van der Waals surface area contributed by atoms with Crippen LogP contribution in [0.3, 0.4) is 0 Å². The van der Waals surface area contributed by atoms with Crippen LogP contribution in [0.4, 0.5) is 0 Å². The predicted octanol–water partition coefficient (Wildman–Crippen LogP) is 2.11. The third kappa shape index (κ3) is 1.74. The van der Waals surface area contributed by atoms with Gasteiger partial charge in [0.1, 0.15) is 6.29 Å². The van der Waals surface area contributed by atoms with E-state index in [4.69, 9.17) is 0 Å². The van der Waals surface area contributed by atoms with Crippen LogP contribution >= 0.6 is 0 Å². The number of hydrogen-bond donors (Lipinski definition) is 3. The molecule has 0 heterocycles. The average molecular weight is 362 g/mol. The Kier molecular flexibility index (Phi) is 3.53. The standard InChI is InChI=1S/C20H26O6/c1-10-7-20-8-11(10)3-4-12(20)19(9-21)6-5-13(22)18(2,17(25)26)15(19)14(20)16(23)24/h9,11-15,22H,1,3-8H2,2H3,(H,23,24)(H,25,26)/t11-,12-,13-,14+,15-,18+,19+,20+/m0/s1. The first-order chi connectivity index (χ1) is 12.1. The summed E-state index contributed by atoms with van der Waals surface area (Å²) in [4.78, 5) is 37.2. The van der Waals surface area contributed by atoms with Crippen molar-refractivity contribution in [2.45, 2.75) is 51.6 Å². The zero-order chi connectivity index (χ0) is 19.1. The van der Waals surface area contributed by atoms with Gasteiger partial charge in [0.2, 0.25) is 0 Å². The molecule has 0 aromatic heterocycles. The number of carbonyl (C=O) groups excluding carboxylic acids is 1. The van der Waals surface area contributed by atoms with Gasteiger partial charge in [-0.1, -0.05) is 12.2 Å². The number of aliphatic hydroxyl groups excluding tert-OH is 1. The fraction of sp³-hybridized carbons (Fsp3) is 0.750. The summed E-state index contributed by atoms with van der Waals surface area (Å²) < 4.78 is 0. The molecule has 0 radical (unpaired) electrons. The number of aliphatic hydroxyl groups is 1. The van der Waals surface area contributed by atoms with Gasteiger partial charge in [-0.15, -0.1) is 0 Å². The molecular weight excluding hydrogens is 336 g/mol. The summed E-state index contributed by atoms with van der Waals surface area (Å²) in [5.74, 6) is -3.99. The maximum atomic E-state index is 12.5. The minimum absolute atomic E-state index is 0.153. The van der Waals surface area contributed by atoms with Crippen molar-refractivity contribution in [1.82, 2.24) is 0 Å². The van der Waals surface area contributed by atoms with E-state index in [0.29, 0.717) is 19.3 Å². The lowest BCUT2D eigenvalue weighted by molar-refractivity contribution is -0.182. The second-order valence-electron chi connectivity index (χ2n) is 9.27. The maximum absolute atomic E-state index is 12.5. The van der Waals surface area contributed by atoms with Gasteiger partial charge in [-0.3, -0.25) is 9.59 Å². The fourth-order valence-electron chi connectivity index (χ4n) is 7.59. The van der Waals surface area contributed by atoms with Crippen molar-refractivity contribution in [1.29, 1.82) is 0 Å². The minimum Gasteiger partial charge on any atom is -0.481 e. The first kappa shape index (κ1) is 17.7. The lowest BCUT2D eigenvalue weighted by Gasteiger charge is -2.51. The van der Waals surface area contributed by atoms with E-state index < -0.39 is 46.1 Å². The lowest BCUT2D eigenvalue weighted by Crippen LogP contribution is -2.58. The molecule has 0 amide bonds. The van der Waals surface area contributed by atoms with Crippen LogP contribution < -0.4 is 0 Å². The first-order valence-corrected chi connectivity index (χ1v) is 9.43. The molecule has 0 unspecified atom stereocenters. The van der Waals surface area contributed by atoms with Crippen LogP contribution in [0.2, 0.25) is 0 Å². The number of carboxylic acids is 2. The third-order valence-corrected chi connectivity index (χ3v) is 8.57. The van der Waals surface area contributed by atoms with Crippen LogP contribution in [0.15, 0.2) is 12.2 Å². The number of carbonyl (C=O) groups is 3. The van der Waals surface area contributed by atoms with Gasteiger partial charge in [-0.25, -0.2) is 0 Å². The van der Waals surface area contributed by atoms with Gasteiger partial charge in [0.25, 0.3) is 0 Å². The first-order valence-electron chi connectivity index (χ1n) is 9.43. The van der Waals surface area contributed by atoms with Crippen LogP contribution in [0, 0.1) is 39.9 Å². The fourth-order valence-corrected chi connectivity index (χ4v) is 7.59. The highest BCUT2D eigenvalue weighted by atomic mass is 16.4. The number of aliphatic carboxylic acids is 2. The van der Waals surface area contributed by atoms with Crippen molar-refractivity contribution in [3.8, 4) is 0 Å². The van der Waals surface area contributed by atoms with E-state index >= 15 is 0 Å². The zero-order valence-corrected chi connectivity index (χ0v) is 15.0. The summed E-state index contributed by atoms with van der Waals surface area (Å²) in [6.07, 6.45) is 3.10. The van der Waals surface area contributed by atoms with E-state index in [2.05, 4.69) is 6.58 Å². The number of fused-ring (bicyclic) bond motifs is 3. The SMILES string of the molecule is C=C1C[C@@]23C[C@@H]1CC[C@H]2[C@]1(C=O)CC[C@H](O)[C@@](C)(C(=O)O)[C@@H]1[C@@H]3C(=O)O. The Morgan fingerprint density at radius 3 is 2.50 bits per heavy atom. The molecule has 6 heteroatoms. The van der Waals surface area contributed by atoms with Crippen molar-refractivity contribution in [2.24, 2.45) is 39.9 Å². The molecule has 6 nitrogen and oxygen atoms in total. The molecule has 4 rings (SSSR count). The highest BCUT2D eigenvalue weighted by Gasteiger charge is 2.78. The van der Waals surface area contributed by atoms with Crippen LogP contribution in [0.5, 0.6) is 0 Å². The van der Waals surface area contributed by atoms with Gasteiger partial charge >= 0.3 is 11.9 Å². The zero-order valence-electron chi connectivity index (χ0n) is 15.0. The van der Waals surface area contributed by atoms with Crippen molar-refractivity contribution in [3.63, 3.8) is 0 Å². The topological polar surface area (TPSA) is 112 Å². The number of rotatable bonds is 3. The van der Waals surface area contributed by atoms with E-state index in [1.807, 2.05) is 0 Å². The van der Waals surface area contributed by atoms with E-state index in [1.165, 1.54) is 6.92 Å². The molecule has 26 heavy (non-hydrogen) atoms. The van der Waals surface area contributed by atoms with Gasteiger partial charge in [0, 0.05) is 11.3 Å². The Bertz CT molecular complexity index is 715. The van der Waals surface area contributed by atoms with Crippen molar-refractivity contribution in [3.05, 3.63) is 12.2 Å². The summed E-state index contributed by atoms with van der Waals surface area (Å²) in [5.41, 5.74) is -2.22. The molecule has 142 valence electrons. The Morgan fingerprint density at radius 1 is 1.23 bits per heavy atom. The predicted molar refractivity (Wildman–Crippen MR) is 91.1 cm³/mol. The minimum atomic E-state index is -1.65. The number of allylic oxidation sites excluding steroid dienone is 1. The summed E-state index contributed by atoms with van der Waals surface area (Å²) in [7, 11) is 0. The molecule has 2 bridgehead atoms. The molecule has 0 aromatic carbocycles. The molecule has 4 aliphatic rings. The van der Waals surface area contributed by atoms with Crippen molar-refractivity contribution in [2.75, 3.05) is 0 Å². The Hall–Kier alpha value is -1.69. The molecule has 3 N–H and O–H groups in total. The van der Waals surface area contributed by atoms with E-state index in [1.54, 1.807) is 0 Å². The molecule has 1 spiro atoms. The molecule has 0 aliphatic heterocycles. The van der Waals surface area contributed by atoms with Gasteiger partial charge in [-0.05, 0) is 62.7 Å². The largest absolute Gasteiger partial charge is 0.481 e. The molecule has 4 fully saturated rings. The Labute approximate surface area is 152 Å². The highest BCUT2D eigenvalue weighted by molar-refractivity contribution is 5.83. The van der Waals surface area contributed by atoms with Crippen LogP contribution in [-0.2, 0) is 14.4 Å². The molecule has 4 saturated carbocycles. The van der Waals surface area contributed by atoms with Crippen molar-refractivity contribution < 1.29 is 29.7 Å². The monoisotopic (exact) mass is 362 g/mol. The van der Waals surface area contributed by atoms with Gasteiger partial charge in [-0.2, -0.15) is 0 Å². The molecule has 4 aliphatic carbocycles. The Morgan fingerprint density at radius 2 is 1.92 bits per heavy atom. The van der Waals surface area contributed by atoms with E-state index in [9.17, 15) is 29.7 Å². The Balaban J connectivity index is 1.99. The van der Waals surface area contributed by atoms with Crippen molar-refractivity contribution >= 4 is 18.2 Å². The van der Waals surface area contributed by atoms with E-state index in [0.717, 1.165) is 24.7 Å². The lowest BCUT2D eigenvalue weighted by atomic mass is 9.52. The normalized spacial score (nSPS) is 52.2. The van der Waals surface area contributed by atoms with Gasteiger partial charge < -0.3 is 20.1 Å². The molecular formula is C20H26O6. The molecule has 0 saturated heterocycles. The highest BCUT2D eigenvalue weighted by Crippen LogP contribution is 2.77. The van der Waals surface area contributed by atoms with Crippen LogP contribution in [0.1, 0.15) is 45.4 Å². The third-order valence-electron chi connectivity index (χ3n) is 8.57. The summed E-state index contributed by atoms with van der Waals surface area (Å²) in [6, 6.07) is 0. The number of carboxylic acid groups (broad SMARTS) is 2. The van der Waals surface area contributed by atoms with E-state index in [-0.39, 0.29) is 18.3 Å². The molecule has 0 aromatic rings. The van der Waals surface area contributed by atoms with Crippen LogP contribution in [0.25, 0.3) is 0 Å². The maximum Gasteiger partial charge on any atom is 0.312 e. The average Bonchev–Trinajstić information content (AvgIpc) is 2.99. The second kappa shape index (κ2) is 5.18. The van der Waals surface area contributed by atoms with Gasteiger partial charge in [0.15, 0.2) is 0 Å². The number of aldehydes is 1. The summed E-state index contributed by atoms with van der Waals surface area (Å²) in [6.45, 7) is 5.59. The van der Waals surface area contributed by atoms with Gasteiger partial charge in [0.05, 0.1) is 17.4 Å². The summed E-state index contributed by atoms with van der Waals surface area (Å²) in [5, 5.41) is 30.8. The smallest absolute Gasteiger partial charge is 0.312 e. The van der Waals surface area contributed by atoms with Crippen LogP contribution in [-0.4, -0.2) is 39.6 Å².